The number of benzene rings is 1. The van der Waals surface area contributed by atoms with E-state index in [2.05, 4.69) is 54.5 Å². The summed E-state index contributed by atoms with van der Waals surface area (Å²) in [4.78, 5) is 5.64. The molecule has 2 rings (SSSR count). The van der Waals surface area contributed by atoms with Gasteiger partial charge in [-0.15, -0.1) is 11.3 Å². The molecule has 3 heteroatoms. The quantitative estimate of drug-likeness (QED) is 0.673. The highest BCUT2D eigenvalue weighted by atomic mass is 32.1. The Hall–Kier alpha value is -1.35. The van der Waals surface area contributed by atoms with Gasteiger partial charge in [0.05, 0.1) is 0 Å². The Bertz CT molecular complexity index is 493. The van der Waals surface area contributed by atoms with Crippen LogP contribution in [-0.2, 0) is 0 Å². The zero-order valence-electron chi connectivity index (χ0n) is 12.4. The first-order chi connectivity index (χ1) is 9.79. The summed E-state index contributed by atoms with van der Waals surface area (Å²) in [5, 5.41) is 4.54. The predicted molar refractivity (Wildman–Crippen MR) is 88.7 cm³/mol. The second kappa shape index (κ2) is 8.05. The summed E-state index contributed by atoms with van der Waals surface area (Å²) < 4.78 is 0. The average molecular weight is 288 g/mol. The number of hydrogen-bond donors (Lipinski definition) is 1. The van der Waals surface area contributed by atoms with E-state index >= 15 is 0 Å². The first-order valence-corrected chi connectivity index (χ1v) is 8.32. The molecule has 0 radical (unpaired) electrons. The molecule has 0 amide bonds. The van der Waals surface area contributed by atoms with E-state index in [1.54, 1.807) is 11.3 Å². The van der Waals surface area contributed by atoms with Gasteiger partial charge in [0.25, 0.3) is 0 Å². The SMILES string of the molecule is CCCCCC(CNc1ncc(C)s1)c1ccccc1. The molecule has 2 aromatic rings. The number of nitrogens with one attached hydrogen (secondary N) is 1. The lowest BCUT2D eigenvalue weighted by molar-refractivity contribution is 0.582. The van der Waals surface area contributed by atoms with Crippen LogP contribution in [0.2, 0.25) is 0 Å². The van der Waals surface area contributed by atoms with Crippen molar-refractivity contribution in [3.05, 3.63) is 47.0 Å². The van der Waals surface area contributed by atoms with Crippen molar-refractivity contribution < 1.29 is 0 Å². The van der Waals surface area contributed by atoms with Crippen LogP contribution in [0, 0.1) is 6.92 Å². The summed E-state index contributed by atoms with van der Waals surface area (Å²) in [6, 6.07) is 10.8. The van der Waals surface area contributed by atoms with Crippen LogP contribution >= 0.6 is 11.3 Å². The Kier molecular flexibility index (Phi) is 6.06. The highest BCUT2D eigenvalue weighted by Gasteiger charge is 2.11. The summed E-state index contributed by atoms with van der Waals surface area (Å²) >= 11 is 1.73. The largest absolute Gasteiger partial charge is 0.361 e. The van der Waals surface area contributed by atoms with Gasteiger partial charge in [-0.25, -0.2) is 4.98 Å². The smallest absolute Gasteiger partial charge is 0.182 e. The Labute approximate surface area is 126 Å². The summed E-state index contributed by atoms with van der Waals surface area (Å²) in [5.41, 5.74) is 1.43. The molecular formula is C17H24N2S. The standard InChI is InChI=1S/C17H24N2S/c1-3-4-6-11-16(15-9-7-5-8-10-15)13-19-17-18-12-14(2)20-17/h5,7-10,12,16H,3-4,6,11,13H2,1-2H3,(H,18,19). The molecule has 1 aromatic heterocycles. The van der Waals surface area contributed by atoms with Crippen LogP contribution in [0.5, 0.6) is 0 Å². The zero-order valence-corrected chi connectivity index (χ0v) is 13.2. The van der Waals surface area contributed by atoms with Crippen molar-refractivity contribution in [1.82, 2.24) is 4.98 Å². The van der Waals surface area contributed by atoms with E-state index in [4.69, 9.17) is 0 Å². The Morgan fingerprint density at radius 2 is 2.00 bits per heavy atom. The van der Waals surface area contributed by atoms with E-state index in [0.717, 1.165) is 11.7 Å². The van der Waals surface area contributed by atoms with E-state index in [9.17, 15) is 0 Å². The van der Waals surface area contributed by atoms with Crippen LogP contribution in [0.3, 0.4) is 0 Å². The van der Waals surface area contributed by atoms with Gasteiger partial charge in [0.15, 0.2) is 5.13 Å². The molecule has 1 atom stereocenters. The van der Waals surface area contributed by atoms with E-state index in [0.29, 0.717) is 5.92 Å². The third kappa shape index (κ3) is 4.64. The zero-order chi connectivity index (χ0) is 14.2. The summed E-state index contributed by atoms with van der Waals surface area (Å²) in [6.45, 7) is 5.33. The van der Waals surface area contributed by atoms with E-state index in [1.165, 1.54) is 36.1 Å². The van der Waals surface area contributed by atoms with Crippen molar-refractivity contribution in [1.29, 1.82) is 0 Å². The number of hydrogen-bond acceptors (Lipinski definition) is 3. The third-order valence-electron chi connectivity index (χ3n) is 3.55. The van der Waals surface area contributed by atoms with Gasteiger partial charge in [-0.05, 0) is 18.9 Å². The number of thiazole rings is 1. The van der Waals surface area contributed by atoms with Crippen LogP contribution in [0.1, 0.15) is 49.0 Å². The maximum absolute atomic E-state index is 4.39. The van der Waals surface area contributed by atoms with Gasteiger partial charge in [-0.2, -0.15) is 0 Å². The van der Waals surface area contributed by atoms with Crippen LogP contribution in [-0.4, -0.2) is 11.5 Å². The average Bonchev–Trinajstić information content (AvgIpc) is 2.89. The predicted octanol–water partition coefficient (Wildman–Crippen LogP) is 5.23. The number of aryl methyl sites for hydroxylation is 1. The van der Waals surface area contributed by atoms with Gasteiger partial charge in [-0.3, -0.25) is 0 Å². The lowest BCUT2D eigenvalue weighted by Crippen LogP contribution is -2.12. The molecule has 0 saturated carbocycles. The van der Waals surface area contributed by atoms with Crippen LogP contribution in [0.15, 0.2) is 36.5 Å². The molecule has 0 aliphatic heterocycles. The molecule has 2 nitrogen and oxygen atoms in total. The number of anilines is 1. The Morgan fingerprint density at radius 3 is 2.65 bits per heavy atom. The number of unbranched alkanes of at least 4 members (excludes halogenated alkanes) is 2. The van der Waals surface area contributed by atoms with Gasteiger partial charge >= 0.3 is 0 Å². The van der Waals surface area contributed by atoms with E-state index in [-0.39, 0.29) is 0 Å². The number of aromatic nitrogens is 1. The first kappa shape index (κ1) is 15.0. The summed E-state index contributed by atoms with van der Waals surface area (Å²) in [7, 11) is 0. The Balaban J connectivity index is 1.95. The third-order valence-corrected chi connectivity index (χ3v) is 4.42. The molecule has 0 aliphatic carbocycles. The fraction of sp³-hybridized carbons (Fsp3) is 0.471. The fourth-order valence-corrected chi connectivity index (χ4v) is 3.07. The van der Waals surface area contributed by atoms with E-state index in [1.807, 2.05) is 6.20 Å². The molecule has 20 heavy (non-hydrogen) atoms. The number of rotatable bonds is 8. The van der Waals surface area contributed by atoms with Crippen molar-refractivity contribution in [2.75, 3.05) is 11.9 Å². The van der Waals surface area contributed by atoms with Crippen molar-refractivity contribution in [2.45, 2.75) is 45.4 Å². The normalized spacial score (nSPS) is 12.3. The maximum atomic E-state index is 4.39. The molecule has 108 valence electrons. The van der Waals surface area contributed by atoms with Crippen LogP contribution in [0.4, 0.5) is 5.13 Å². The summed E-state index contributed by atoms with van der Waals surface area (Å²) in [6.07, 6.45) is 7.08. The summed E-state index contributed by atoms with van der Waals surface area (Å²) in [5.74, 6) is 0.576. The van der Waals surface area contributed by atoms with Gasteiger partial charge in [0.1, 0.15) is 0 Å². The molecule has 0 spiro atoms. The first-order valence-electron chi connectivity index (χ1n) is 7.51. The maximum Gasteiger partial charge on any atom is 0.182 e. The van der Waals surface area contributed by atoms with Crippen molar-refractivity contribution >= 4 is 16.5 Å². The molecule has 0 fully saturated rings. The van der Waals surface area contributed by atoms with Crippen LogP contribution in [0.25, 0.3) is 0 Å². The van der Waals surface area contributed by atoms with Gasteiger partial charge in [0, 0.05) is 23.5 Å². The molecular weight excluding hydrogens is 264 g/mol. The highest BCUT2D eigenvalue weighted by Crippen LogP contribution is 2.24. The topological polar surface area (TPSA) is 24.9 Å². The highest BCUT2D eigenvalue weighted by molar-refractivity contribution is 7.15. The number of nitrogens with zero attached hydrogens (tertiary/aromatic N) is 1. The molecule has 1 heterocycles. The van der Waals surface area contributed by atoms with Crippen molar-refractivity contribution in [3.63, 3.8) is 0 Å². The Morgan fingerprint density at radius 1 is 1.20 bits per heavy atom. The molecule has 0 saturated heterocycles. The lowest BCUT2D eigenvalue weighted by Gasteiger charge is -2.17. The van der Waals surface area contributed by atoms with Gasteiger partial charge < -0.3 is 5.32 Å². The fourth-order valence-electron chi connectivity index (χ4n) is 2.40. The van der Waals surface area contributed by atoms with E-state index < -0.39 is 0 Å². The molecule has 0 bridgehead atoms. The molecule has 1 aromatic carbocycles. The van der Waals surface area contributed by atoms with Gasteiger partial charge in [-0.1, -0.05) is 56.5 Å². The van der Waals surface area contributed by atoms with Crippen molar-refractivity contribution in [2.24, 2.45) is 0 Å². The molecule has 1 unspecified atom stereocenters. The monoisotopic (exact) mass is 288 g/mol. The minimum Gasteiger partial charge on any atom is -0.361 e. The minimum absolute atomic E-state index is 0.576. The van der Waals surface area contributed by atoms with Crippen LogP contribution < -0.4 is 5.32 Å². The second-order valence-electron chi connectivity index (χ2n) is 5.26. The second-order valence-corrected chi connectivity index (χ2v) is 6.50. The minimum atomic E-state index is 0.576. The van der Waals surface area contributed by atoms with Gasteiger partial charge in [0.2, 0.25) is 0 Å². The molecule has 0 aliphatic rings. The van der Waals surface area contributed by atoms with Crippen molar-refractivity contribution in [3.8, 4) is 0 Å². The molecule has 1 N–H and O–H groups in total. The lowest BCUT2D eigenvalue weighted by atomic mass is 9.93.